The minimum Gasteiger partial charge on any atom is -0.452 e. The number of nitrogens with one attached hydrogen (secondary N) is 2. The van der Waals surface area contributed by atoms with Gasteiger partial charge >= 0.3 is 18.3 Å². The van der Waals surface area contributed by atoms with Crippen LogP contribution in [-0.2, 0) is 21.9 Å². The van der Waals surface area contributed by atoms with Crippen LogP contribution in [0, 0.1) is 0 Å². The lowest BCUT2D eigenvalue weighted by Gasteiger charge is -2.13. The SMILES string of the molecule is O=C(COC(=O)c1cccnc1Nc1cccc(C(F)(F)F)c1)Nc1ccc(C(F)(F)F)cc1. The standard InChI is InChI=1S/C22H15F6N3O3/c23-21(24,25)13-6-8-15(9-7-13)30-18(32)12-34-20(33)17-5-2-10-29-19(17)31-16-4-1-3-14(11-16)22(26,27)28/h1-11H,12H2,(H,29,31)(H,30,32). The van der Waals surface area contributed by atoms with E-state index in [1.165, 1.54) is 30.5 Å². The molecule has 2 N–H and O–H groups in total. The molecule has 0 saturated heterocycles. The van der Waals surface area contributed by atoms with Gasteiger partial charge in [-0.2, -0.15) is 26.3 Å². The summed E-state index contributed by atoms with van der Waals surface area (Å²) < 4.78 is 81.4. The molecule has 6 nitrogen and oxygen atoms in total. The van der Waals surface area contributed by atoms with E-state index >= 15 is 0 Å². The van der Waals surface area contributed by atoms with Gasteiger partial charge < -0.3 is 15.4 Å². The van der Waals surface area contributed by atoms with Crippen LogP contribution >= 0.6 is 0 Å². The molecule has 0 aliphatic carbocycles. The van der Waals surface area contributed by atoms with E-state index in [1.807, 2.05) is 0 Å². The zero-order valence-corrected chi connectivity index (χ0v) is 17.0. The lowest BCUT2D eigenvalue weighted by atomic mass is 10.2. The van der Waals surface area contributed by atoms with Crippen LogP contribution in [0.15, 0.2) is 66.9 Å². The lowest BCUT2D eigenvalue weighted by molar-refractivity contribution is -0.138. The predicted molar refractivity (Wildman–Crippen MR) is 109 cm³/mol. The molecular weight excluding hydrogens is 468 g/mol. The second-order valence-corrected chi connectivity index (χ2v) is 6.80. The molecule has 0 aliphatic rings. The van der Waals surface area contributed by atoms with Crippen molar-refractivity contribution in [3.63, 3.8) is 0 Å². The van der Waals surface area contributed by atoms with Gasteiger partial charge in [0.05, 0.1) is 11.1 Å². The second-order valence-electron chi connectivity index (χ2n) is 6.80. The molecule has 0 saturated carbocycles. The number of esters is 1. The van der Waals surface area contributed by atoms with Gasteiger partial charge in [-0.05, 0) is 54.6 Å². The van der Waals surface area contributed by atoms with E-state index in [-0.39, 0.29) is 22.8 Å². The number of carbonyl (C=O) groups is 2. The van der Waals surface area contributed by atoms with Gasteiger partial charge in [-0.15, -0.1) is 0 Å². The summed E-state index contributed by atoms with van der Waals surface area (Å²) in [7, 11) is 0. The Bertz CT molecular complexity index is 1180. The van der Waals surface area contributed by atoms with Gasteiger partial charge in [0.2, 0.25) is 0 Å². The number of anilines is 3. The van der Waals surface area contributed by atoms with E-state index in [2.05, 4.69) is 15.6 Å². The quantitative estimate of drug-likeness (QED) is 0.350. The summed E-state index contributed by atoms with van der Waals surface area (Å²) in [5.41, 5.74) is -1.88. The molecule has 178 valence electrons. The van der Waals surface area contributed by atoms with Gasteiger partial charge in [0.15, 0.2) is 6.61 Å². The summed E-state index contributed by atoms with van der Waals surface area (Å²) >= 11 is 0. The number of ether oxygens (including phenoxy) is 1. The normalized spacial score (nSPS) is 11.6. The zero-order chi connectivity index (χ0) is 24.9. The van der Waals surface area contributed by atoms with Crippen molar-refractivity contribution in [2.45, 2.75) is 12.4 Å². The van der Waals surface area contributed by atoms with E-state index < -0.39 is 42.0 Å². The molecular formula is C22H15F6N3O3. The fourth-order valence-corrected chi connectivity index (χ4v) is 2.73. The molecule has 1 heterocycles. The van der Waals surface area contributed by atoms with E-state index in [9.17, 15) is 35.9 Å². The number of benzene rings is 2. The van der Waals surface area contributed by atoms with Crippen LogP contribution in [0.5, 0.6) is 0 Å². The summed E-state index contributed by atoms with van der Waals surface area (Å²) in [5.74, 6) is -1.91. The molecule has 0 bridgehead atoms. The summed E-state index contributed by atoms with van der Waals surface area (Å²) in [6.07, 6.45) is -7.80. The third-order valence-corrected chi connectivity index (χ3v) is 4.31. The largest absolute Gasteiger partial charge is 0.452 e. The number of alkyl halides is 6. The van der Waals surface area contributed by atoms with Gasteiger partial charge in [0.1, 0.15) is 11.4 Å². The number of hydrogen-bond donors (Lipinski definition) is 2. The Morgan fingerprint density at radius 2 is 1.50 bits per heavy atom. The van der Waals surface area contributed by atoms with Crippen LogP contribution in [-0.4, -0.2) is 23.5 Å². The van der Waals surface area contributed by atoms with Gasteiger partial charge in [0, 0.05) is 17.6 Å². The monoisotopic (exact) mass is 483 g/mol. The first-order valence-corrected chi connectivity index (χ1v) is 9.47. The number of hydrogen-bond acceptors (Lipinski definition) is 5. The second kappa shape index (κ2) is 9.81. The van der Waals surface area contributed by atoms with Gasteiger partial charge in [-0.25, -0.2) is 9.78 Å². The van der Waals surface area contributed by atoms with Crippen molar-refractivity contribution in [3.05, 3.63) is 83.6 Å². The van der Waals surface area contributed by atoms with Crippen LogP contribution in [0.1, 0.15) is 21.5 Å². The summed E-state index contributed by atoms with van der Waals surface area (Å²) in [4.78, 5) is 28.3. The van der Waals surface area contributed by atoms with Crippen molar-refractivity contribution in [3.8, 4) is 0 Å². The maximum absolute atomic E-state index is 12.9. The van der Waals surface area contributed by atoms with E-state index in [0.717, 1.165) is 36.4 Å². The Balaban J connectivity index is 1.63. The molecule has 1 aromatic heterocycles. The average Bonchev–Trinajstić information content (AvgIpc) is 2.77. The van der Waals surface area contributed by atoms with Crippen molar-refractivity contribution in [1.29, 1.82) is 0 Å². The molecule has 0 atom stereocenters. The summed E-state index contributed by atoms with van der Waals surface area (Å²) in [6, 6.07) is 10.6. The van der Waals surface area contributed by atoms with Crippen LogP contribution in [0.3, 0.4) is 0 Å². The highest BCUT2D eigenvalue weighted by atomic mass is 19.4. The third kappa shape index (κ3) is 6.47. The lowest BCUT2D eigenvalue weighted by Crippen LogP contribution is -2.21. The Hall–Kier alpha value is -4.09. The summed E-state index contributed by atoms with van der Waals surface area (Å²) in [5, 5.41) is 4.89. The van der Waals surface area contributed by atoms with Gasteiger partial charge in [-0.1, -0.05) is 6.07 Å². The molecule has 0 spiro atoms. The zero-order valence-electron chi connectivity index (χ0n) is 17.0. The van der Waals surface area contributed by atoms with Gasteiger partial charge in [0.25, 0.3) is 5.91 Å². The molecule has 3 rings (SSSR count). The van der Waals surface area contributed by atoms with Crippen LogP contribution in [0.4, 0.5) is 43.5 Å². The van der Waals surface area contributed by atoms with Gasteiger partial charge in [-0.3, -0.25) is 4.79 Å². The fourth-order valence-electron chi connectivity index (χ4n) is 2.73. The molecule has 0 aliphatic heterocycles. The molecule has 3 aromatic rings. The number of nitrogens with zero attached hydrogens (tertiary/aromatic N) is 1. The van der Waals surface area contributed by atoms with Crippen LogP contribution in [0.25, 0.3) is 0 Å². The number of amides is 1. The highest BCUT2D eigenvalue weighted by molar-refractivity contribution is 5.98. The Morgan fingerprint density at radius 1 is 0.824 bits per heavy atom. The molecule has 0 radical (unpaired) electrons. The van der Waals surface area contributed by atoms with E-state index in [0.29, 0.717) is 0 Å². The van der Waals surface area contributed by atoms with Crippen molar-refractivity contribution in [2.24, 2.45) is 0 Å². The first-order valence-electron chi connectivity index (χ1n) is 9.47. The molecule has 34 heavy (non-hydrogen) atoms. The Kier molecular flexibility index (Phi) is 7.08. The van der Waals surface area contributed by atoms with Crippen LogP contribution in [0.2, 0.25) is 0 Å². The number of pyridine rings is 1. The minimum absolute atomic E-state index is 0.0163. The van der Waals surface area contributed by atoms with Crippen molar-refractivity contribution >= 4 is 29.1 Å². The highest BCUT2D eigenvalue weighted by Crippen LogP contribution is 2.32. The number of aromatic nitrogens is 1. The molecule has 0 fully saturated rings. The average molecular weight is 483 g/mol. The van der Waals surface area contributed by atoms with Crippen molar-refractivity contribution < 1.29 is 40.7 Å². The highest BCUT2D eigenvalue weighted by Gasteiger charge is 2.31. The Labute approximate surface area is 188 Å². The maximum atomic E-state index is 12.9. The van der Waals surface area contributed by atoms with E-state index in [4.69, 9.17) is 4.74 Å². The van der Waals surface area contributed by atoms with E-state index in [1.54, 1.807) is 0 Å². The van der Waals surface area contributed by atoms with Crippen LogP contribution < -0.4 is 10.6 Å². The molecule has 12 heteroatoms. The number of rotatable bonds is 6. The third-order valence-electron chi connectivity index (χ3n) is 4.31. The number of halogens is 6. The van der Waals surface area contributed by atoms with Crippen molar-refractivity contribution in [2.75, 3.05) is 17.2 Å². The van der Waals surface area contributed by atoms with Crippen molar-refractivity contribution in [1.82, 2.24) is 4.98 Å². The fraction of sp³-hybridized carbons (Fsp3) is 0.136. The predicted octanol–water partition coefficient (Wildman–Crippen LogP) is 5.66. The molecule has 2 aromatic carbocycles. The molecule has 1 amide bonds. The smallest absolute Gasteiger partial charge is 0.416 e. The first-order chi connectivity index (χ1) is 15.9. The Morgan fingerprint density at radius 3 is 2.15 bits per heavy atom. The minimum atomic E-state index is -4.57. The summed E-state index contributed by atoms with van der Waals surface area (Å²) in [6.45, 7) is -0.766. The first kappa shape index (κ1) is 24.6. The number of carbonyl (C=O) groups excluding carboxylic acids is 2. The molecule has 0 unspecified atom stereocenters. The topological polar surface area (TPSA) is 80.3 Å². The maximum Gasteiger partial charge on any atom is 0.416 e.